The number of amides is 1. The molecule has 2 heterocycles. The first-order valence-corrected chi connectivity index (χ1v) is 11.5. The van der Waals surface area contributed by atoms with Crippen molar-refractivity contribution in [2.45, 2.75) is 25.7 Å². The number of pyridine rings is 2. The molecule has 0 bridgehead atoms. The van der Waals surface area contributed by atoms with Crippen molar-refractivity contribution < 1.29 is 18.0 Å². The Labute approximate surface area is 211 Å². The van der Waals surface area contributed by atoms with Crippen LogP contribution in [0.3, 0.4) is 0 Å². The lowest BCUT2D eigenvalue weighted by Crippen LogP contribution is -2.27. The van der Waals surface area contributed by atoms with Crippen LogP contribution in [0.5, 0.6) is 0 Å². The molecule has 9 heteroatoms. The van der Waals surface area contributed by atoms with Crippen LogP contribution >= 0.6 is 0 Å². The summed E-state index contributed by atoms with van der Waals surface area (Å²) in [6, 6.07) is 18.2. The average molecular weight is 507 g/mol. The Bertz CT molecular complexity index is 1490. The lowest BCUT2D eigenvalue weighted by atomic mass is 9.95. The normalized spacial score (nSPS) is 12.3. The Hall–Kier alpha value is -4.24. The van der Waals surface area contributed by atoms with Crippen molar-refractivity contribution in [3.63, 3.8) is 0 Å². The topological polar surface area (TPSA) is 90.0 Å². The molecule has 0 aliphatic carbocycles. The zero-order valence-corrected chi connectivity index (χ0v) is 20.2. The maximum Gasteiger partial charge on any atom is 0.416 e. The molecule has 4 rings (SSSR count). The molecule has 6 nitrogen and oxygen atoms in total. The number of alkyl halides is 3. The molecule has 3 N–H and O–H groups in total. The van der Waals surface area contributed by atoms with Gasteiger partial charge in [0.2, 0.25) is 5.56 Å². The third-order valence-electron chi connectivity index (χ3n) is 6.09. The van der Waals surface area contributed by atoms with E-state index in [1.54, 1.807) is 68.7 Å². The van der Waals surface area contributed by atoms with E-state index in [1.165, 1.54) is 16.7 Å². The minimum Gasteiger partial charge on any atom is -0.344 e. The van der Waals surface area contributed by atoms with E-state index in [9.17, 15) is 22.8 Å². The van der Waals surface area contributed by atoms with Gasteiger partial charge in [-0.3, -0.25) is 9.59 Å². The minimum absolute atomic E-state index is 0.104. The van der Waals surface area contributed by atoms with Gasteiger partial charge in [-0.25, -0.2) is 4.98 Å². The minimum atomic E-state index is -4.46. The Kier molecular flexibility index (Phi) is 7.26. The highest BCUT2D eigenvalue weighted by Gasteiger charge is 2.31. The highest BCUT2D eigenvalue weighted by molar-refractivity contribution is 5.93. The van der Waals surface area contributed by atoms with Crippen LogP contribution in [-0.2, 0) is 19.8 Å². The van der Waals surface area contributed by atoms with E-state index in [0.29, 0.717) is 27.9 Å². The third kappa shape index (κ3) is 5.78. The summed E-state index contributed by atoms with van der Waals surface area (Å²) in [5, 5.41) is 2.90. The van der Waals surface area contributed by atoms with Crippen LogP contribution in [0, 0.1) is 0 Å². The molecule has 0 saturated heterocycles. The molecule has 4 aromatic rings. The second-order valence-electron chi connectivity index (χ2n) is 8.67. The van der Waals surface area contributed by atoms with E-state index in [1.807, 2.05) is 0 Å². The number of carbonyl (C=O) groups excluding carboxylic acids is 1. The molecule has 0 radical (unpaired) electrons. The summed E-state index contributed by atoms with van der Waals surface area (Å²) in [6.07, 6.45) is -2.81. The molecule has 0 aliphatic heterocycles. The van der Waals surface area contributed by atoms with Gasteiger partial charge in [0, 0.05) is 31.4 Å². The number of nitrogens with one attached hydrogen (secondary N) is 1. The number of hydrogen-bond donors (Lipinski definition) is 2. The summed E-state index contributed by atoms with van der Waals surface area (Å²) in [6.45, 7) is 1.91. The van der Waals surface area contributed by atoms with Crippen molar-refractivity contribution in [2.75, 3.05) is 0 Å². The van der Waals surface area contributed by atoms with E-state index in [4.69, 9.17) is 5.73 Å². The molecular formula is C28H25F3N4O2. The lowest BCUT2D eigenvalue weighted by molar-refractivity contribution is -0.137. The number of nitrogens with two attached hydrogens (primary N) is 1. The summed E-state index contributed by atoms with van der Waals surface area (Å²) >= 11 is 0. The van der Waals surface area contributed by atoms with Crippen LogP contribution in [0.4, 0.5) is 13.2 Å². The summed E-state index contributed by atoms with van der Waals surface area (Å²) in [5.74, 6) is -0.383. The van der Waals surface area contributed by atoms with Crippen molar-refractivity contribution in [1.82, 2.24) is 14.9 Å². The molecular weight excluding hydrogens is 481 g/mol. The predicted octanol–water partition coefficient (Wildman–Crippen LogP) is 5.08. The van der Waals surface area contributed by atoms with Crippen LogP contribution in [0.25, 0.3) is 22.4 Å². The molecule has 0 aliphatic rings. The van der Waals surface area contributed by atoms with Crippen LogP contribution in [0.2, 0.25) is 0 Å². The van der Waals surface area contributed by atoms with Crippen LogP contribution < -0.4 is 16.6 Å². The molecule has 1 atom stereocenters. The fourth-order valence-electron chi connectivity index (χ4n) is 3.97. The number of rotatable bonds is 6. The number of halogens is 3. The van der Waals surface area contributed by atoms with Gasteiger partial charge in [0.25, 0.3) is 5.91 Å². The maximum absolute atomic E-state index is 13.2. The van der Waals surface area contributed by atoms with Crippen LogP contribution in [0.1, 0.15) is 40.1 Å². The fraction of sp³-hybridized carbons (Fsp3) is 0.179. The van der Waals surface area contributed by atoms with Gasteiger partial charge in [-0.2, -0.15) is 13.2 Å². The van der Waals surface area contributed by atoms with E-state index in [2.05, 4.69) is 10.3 Å². The van der Waals surface area contributed by atoms with Gasteiger partial charge in [0.1, 0.15) is 5.69 Å². The SMILES string of the molecule is C[C@@H](NC(=O)c1cccc(-c2ccc(=O)n(C)c2)n1)c1ccc(-c2cc(C(F)(F)F)ccc2CN)cc1. The highest BCUT2D eigenvalue weighted by atomic mass is 19.4. The molecule has 0 unspecified atom stereocenters. The Balaban J connectivity index is 1.52. The maximum atomic E-state index is 13.2. The number of carbonyl (C=O) groups is 1. The summed E-state index contributed by atoms with van der Waals surface area (Å²) in [4.78, 5) is 29.0. The average Bonchev–Trinajstić information content (AvgIpc) is 2.89. The van der Waals surface area contributed by atoms with Gasteiger partial charge in [-0.1, -0.05) is 36.4 Å². The predicted molar refractivity (Wildman–Crippen MR) is 136 cm³/mol. The number of aromatic nitrogens is 2. The third-order valence-corrected chi connectivity index (χ3v) is 6.09. The molecule has 2 aromatic carbocycles. The molecule has 0 saturated carbocycles. The van der Waals surface area contributed by atoms with Crippen molar-refractivity contribution >= 4 is 5.91 Å². The van der Waals surface area contributed by atoms with Gasteiger partial charge in [0.15, 0.2) is 0 Å². The monoisotopic (exact) mass is 506 g/mol. The fourth-order valence-corrected chi connectivity index (χ4v) is 3.97. The quantitative estimate of drug-likeness (QED) is 0.382. The zero-order valence-electron chi connectivity index (χ0n) is 20.2. The second-order valence-corrected chi connectivity index (χ2v) is 8.67. The molecule has 37 heavy (non-hydrogen) atoms. The number of benzene rings is 2. The Morgan fingerprint density at radius 2 is 1.73 bits per heavy atom. The first-order chi connectivity index (χ1) is 17.6. The number of nitrogens with zero attached hydrogens (tertiary/aromatic N) is 2. The summed E-state index contributed by atoms with van der Waals surface area (Å²) in [5.41, 5.74) is 8.72. The molecule has 2 aromatic heterocycles. The van der Waals surface area contributed by atoms with E-state index >= 15 is 0 Å². The van der Waals surface area contributed by atoms with Crippen molar-refractivity contribution in [1.29, 1.82) is 0 Å². The molecule has 1 amide bonds. The Morgan fingerprint density at radius 1 is 1.03 bits per heavy atom. The van der Waals surface area contributed by atoms with Crippen molar-refractivity contribution in [3.05, 3.63) is 112 Å². The van der Waals surface area contributed by atoms with Gasteiger partial charge in [-0.15, -0.1) is 0 Å². The van der Waals surface area contributed by atoms with Crippen molar-refractivity contribution in [3.8, 4) is 22.4 Å². The van der Waals surface area contributed by atoms with E-state index in [0.717, 1.165) is 17.7 Å². The van der Waals surface area contributed by atoms with Gasteiger partial charge in [0.05, 0.1) is 17.3 Å². The molecule has 0 spiro atoms. The second kappa shape index (κ2) is 10.4. The summed E-state index contributed by atoms with van der Waals surface area (Å²) in [7, 11) is 1.64. The highest BCUT2D eigenvalue weighted by Crippen LogP contribution is 2.34. The van der Waals surface area contributed by atoms with E-state index < -0.39 is 11.7 Å². The molecule has 190 valence electrons. The summed E-state index contributed by atoms with van der Waals surface area (Å²) < 4.78 is 41.1. The lowest BCUT2D eigenvalue weighted by Gasteiger charge is -2.16. The van der Waals surface area contributed by atoms with E-state index in [-0.39, 0.29) is 29.7 Å². The van der Waals surface area contributed by atoms with Gasteiger partial charge >= 0.3 is 6.18 Å². The van der Waals surface area contributed by atoms with Crippen LogP contribution in [-0.4, -0.2) is 15.5 Å². The number of hydrogen-bond acceptors (Lipinski definition) is 4. The van der Waals surface area contributed by atoms with Crippen molar-refractivity contribution in [2.24, 2.45) is 12.8 Å². The smallest absolute Gasteiger partial charge is 0.344 e. The van der Waals surface area contributed by atoms with Crippen LogP contribution in [0.15, 0.2) is 83.8 Å². The zero-order chi connectivity index (χ0) is 26.7. The first kappa shape index (κ1) is 25.8. The Morgan fingerprint density at radius 3 is 2.38 bits per heavy atom. The van der Waals surface area contributed by atoms with Gasteiger partial charge < -0.3 is 15.6 Å². The molecule has 0 fully saturated rings. The first-order valence-electron chi connectivity index (χ1n) is 11.5. The van der Waals surface area contributed by atoms with Gasteiger partial charge in [-0.05, 0) is 59.5 Å². The largest absolute Gasteiger partial charge is 0.416 e. The standard InChI is InChI=1S/C28H25F3N4O2/c1-17(33-27(37)25-5-3-4-24(34-25)21-11-13-26(36)35(2)16-21)18-6-8-19(9-7-18)23-14-22(28(29,30)31)12-10-20(23)15-32/h3-14,16-17H,15,32H2,1-2H3,(H,33,37)/t17-/m1/s1. The number of aryl methyl sites for hydroxylation is 1.